The maximum absolute atomic E-state index is 11.6. The summed E-state index contributed by atoms with van der Waals surface area (Å²) in [6, 6.07) is 16.5. The third kappa shape index (κ3) is 2.85. The van der Waals surface area contributed by atoms with Gasteiger partial charge in [0.25, 0.3) is 0 Å². The number of cyclic esters (lactones) is 1. The van der Waals surface area contributed by atoms with Gasteiger partial charge in [0, 0.05) is 0 Å². The molecule has 0 aromatic heterocycles. The molecule has 0 unspecified atom stereocenters. The van der Waals surface area contributed by atoms with E-state index in [0.717, 1.165) is 16.7 Å². The highest BCUT2D eigenvalue weighted by Gasteiger charge is 2.47. The molecule has 0 aliphatic carbocycles. The van der Waals surface area contributed by atoms with Gasteiger partial charge in [-0.1, -0.05) is 54.6 Å². The molecule has 124 valence electrons. The molecular weight excluding hydrogens is 306 g/mol. The van der Waals surface area contributed by atoms with Crippen molar-refractivity contribution >= 4 is 12.1 Å². The highest BCUT2D eigenvalue weighted by Crippen LogP contribution is 2.31. The lowest BCUT2D eigenvalue weighted by Gasteiger charge is -2.41. The van der Waals surface area contributed by atoms with Crippen LogP contribution >= 0.6 is 0 Å². The highest BCUT2D eigenvalue weighted by molar-refractivity contribution is 5.86. The summed E-state index contributed by atoms with van der Waals surface area (Å²) in [5, 5.41) is 9.53. The molecule has 0 spiro atoms. The zero-order valence-electron chi connectivity index (χ0n) is 13.5. The number of nitrogens with zero attached hydrogens (tertiary/aromatic N) is 1. The molecule has 0 radical (unpaired) electrons. The lowest BCUT2D eigenvalue weighted by Crippen LogP contribution is -2.60. The van der Waals surface area contributed by atoms with Gasteiger partial charge in [0.1, 0.15) is 6.10 Å². The van der Waals surface area contributed by atoms with Crippen molar-refractivity contribution in [2.45, 2.75) is 32.0 Å². The quantitative estimate of drug-likeness (QED) is 0.870. The van der Waals surface area contributed by atoms with Crippen molar-refractivity contribution in [3.05, 3.63) is 60.2 Å². The van der Waals surface area contributed by atoms with E-state index in [9.17, 15) is 14.7 Å². The lowest BCUT2D eigenvalue weighted by molar-refractivity contribution is -0.185. The highest BCUT2D eigenvalue weighted by atomic mass is 16.6. The first-order valence-electron chi connectivity index (χ1n) is 7.86. The first kappa shape index (κ1) is 16.1. The average Bonchev–Trinajstić information content (AvgIpc) is 2.59. The molecule has 0 bridgehead atoms. The lowest BCUT2D eigenvalue weighted by atomic mass is 9.98. The number of carboxylic acid groups (broad SMARTS) is 1. The van der Waals surface area contributed by atoms with Gasteiger partial charge in [-0.3, -0.25) is 4.90 Å². The van der Waals surface area contributed by atoms with Gasteiger partial charge in [0.2, 0.25) is 0 Å². The Hall–Kier alpha value is -2.82. The molecule has 3 atom stereocenters. The number of carbonyl (C=O) groups is 2. The Labute approximate surface area is 140 Å². The summed E-state index contributed by atoms with van der Waals surface area (Å²) in [5.74, 6) is -0.488. The number of carbonyl (C=O) groups excluding carboxylic acids is 1. The molecule has 0 saturated carbocycles. The second-order valence-corrected chi connectivity index (χ2v) is 5.94. The molecule has 1 heterocycles. The number of benzene rings is 2. The van der Waals surface area contributed by atoms with Crippen LogP contribution in [0.2, 0.25) is 0 Å². The van der Waals surface area contributed by atoms with Crippen molar-refractivity contribution in [3.8, 4) is 11.1 Å². The number of ether oxygens (including phenoxy) is 1. The molecular formula is C19H19NO4. The number of esters is 1. The predicted octanol–water partition coefficient (Wildman–Crippen LogP) is 3.71. The Balaban J connectivity index is 1.84. The molecule has 1 aliphatic heterocycles. The molecule has 2 aromatic carbocycles. The second kappa shape index (κ2) is 6.35. The van der Waals surface area contributed by atoms with Gasteiger partial charge in [-0.05, 0) is 30.5 Å². The van der Waals surface area contributed by atoms with E-state index in [4.69, 9.17) is 4.74 Å². The monoisotopic (exact) mass is 325 g/mol. The summed E-state index contributed by atoms with van der Waals surface area (Å²) < 4.78 is 4.90. The standard InChI is InChI=1S/C19H19NO4/c1-12(20(19(22)23)17-13(2)24-18(17)21)14-8-10-16(11-9-14)15-6-4-3-5-7-15/h3-13,17H,1-2H3,(H,22,23)/t12-,13+,17-/m1/s1. The molecule has 1 saturated heterocycles. The van der Waals surface area contributed by atoms with E-state index in [1.807, 2.05) is 54.6 Å². The summed E-state index contributed by atoms with van der Waals surface area (Å²) in [5.41, 5.74) is 3.00. The van der Waals surface area contributed by atoms with E-state index in [1.54, 1.807) is 13.8 Å². The van der Waals surface area contributed by atoms with Crippen LogP contribution in [0.3, 0.4) is 0 Å². The van der Waals surface area contributed by atoms with Crippen LogP contribution in [-0.2, 0) is 9.53 Å². The van der Waals surface area contributed by atoms with Crippen LogP contribution in [0.1, 0.15) is 25.5 Å². The van der Waals surface area contributed by atoms with E-state index in [0.29, 0.717) is 0 Å². The number of rotatable bonds is 4. The van der Waals surface area contributed by atoms with Crippen LogP contribution in [-0.4, -0.2) is 34.2 Å². The van der Waals surface area contributed by atoms with Crippen LogP contribution in [0.25, 0.3) is 11.1 Å². The fourth-order valence-corrected chi connectivity index (χ4v) is 3.05. The normalized spacial score (nSPS) is 20.7. The van der Waals surface area contributed by atoms with Gasteiger partial charge in [-0.15, -0.1) is 0 Å². The average molecular weight is 325 g/mol. The van der Waals surface area contributed by atoms with E-state index >= 15 is 0 Å². The fourth-order valence-electron chi connectivity index (χ4n) is 3.05. The summed E-state index contributed by atoms with van der Waals surface area (Å²) in [6.45, 7) is 3.48. The zero-order chi connectivity index (χ0) is 17.3. The fraction of sp³-hybridized carbons (Fsp3) is 0.263. The maximum atomic E-state index is 11.6. The summed E-state index contributed by atoms with van der Waals surface area (Å²) in [7, 11) is 0. The van der Waals surface area contributed by atoms with Crippen LogP contribution in [0, 0.1) is 0 Å². The minimum atomic E-state index is -1.12. The Morgan fingerprint density at radius 3 is 2.17 bits per heavy atom. The van der Waals surface area contributed by atoms with Crippen LogP contribution in [0.5, 0.6) is 0 Å². The molecule has 1 N–H and O–H groups in total. The van der Waals surface area contributed by atoms with Gasteiger partial charge >= 0.3 is 12.1 Å². The Bertz CT molecular complexity index is 742. The Morgan fingerprint density at radius 1 is 1.08 bits per heavy atom. The topological polar surface area (TPSA) is 66.8 Å². The van der Waals surface area contributed by atoms with Crippen LogP contribution < -0.4 is 0 Å². The van der Waals surface area contributed by atoms with E-state index in [2.05, 4.69) is 0 Å². The molecule has 2 aromatic rings. The number of amides is 1. The maximum Gasteiger partial charge on any atom is 0.408 e. The number of hydrogen-bond acceptors (Lipinski definition) is 3. The predicted molar refractivity (Wildman–Crippen MR) is 89.5 cm³/mol. The summed E-state index contributed by atoms with van der Waals surface area (Å²) >= 11 is 0. The van der Waals surface area contributed by atoms with Crippen molar-refractivity contribution in [2.24, 2.45) is 0 Å². The van der Waals surface area contributed by atoms with Gasteiger partial charge in [-0.25, -0.2) is 9.59 Å². The van der Waals surface area contributed by atoms with Crippen LogP contribution in [0.4, 0.5) is 4.79 Å². The minimum Gasteiger partial charge on any atom is -0.465 e. The molecule has 1 amide bonds. The first-order valence-corrected chi connectivity index (χ1v) is 7.86. The van der Waals surface area contributed by atoms with Crippen molar-refractivity contribution in [1.82, 2.24) is 4.90 Å². The third-order valence-corrected chi connectivity index (χ3v) is 4.43. The number of hydrogen-bond donors (Lipinski definition) is 1. The smallest absolute Gasteiger partial charge is 0.408 e. The van der Waals surface area contributed by atoms with Gasteiger partial charge in [-0.2, -0.15) is 0 Å². The first-order chi connectivity index (χ1) is 11.5. The molecule has 5 heteroatoms. The van der Waals surface area contributed by atoms with E-state index < -0.39 is 30.3 Å². The molecule has 5 nitrogen and oxygen atoms in total. The Kier molecular flexibility index (Phi) is 4.25. The minimum absolute atomic E-state index is 0.417. The SMILES string of the molecule is C[C@@H]1OC(=O)[C@@H]1N(C(=O)O)[C@H](C)c1ccc(-c2ccccc2)cc1. The second-order valence-electron chi connectivity index (χ2n) is 5.94. The third-order valence-electron chi connectivity index (χ3n) is 4.43. The van der Waals surface area contributed by atoms with Crippen LogP contribution in [0.15, 0.2) is 54.6 Å². The largest absolute Gasteiger partial charge is 0.465 e. The van der Waals surface area contributed by atoms with Crippen molar-refractivity contribution in [3.63, 3.8) is 0 Å². The zero-order valence-corrected chi connectivity index (χ0v) is 13.5. The van der Waals surface area contributed by atoms with E-state index in [1.165, 1.54) is 4.90 Å². The van der Waals surface area contributed by atoms with Gasteiger partial charge < -0.3 is 9.84 Å². The molecule has 1 aliphatic rings. The van der Waals surface area contributed by atoms with E-state index in [-0.39, 0.29) is 0 Å². The summed E-state index contributed by atoms with van der Waals surface area (Å²) in [4.78, 5) is 24.5. The summed E-state index contributed by atoms with van der Waals surface area (Å²) in [6.07, 6.45) is -1.54. The van der Waals surface area contributed by atoms with Gasteiger partial charge in [0.05, 0.1) is 6.04 Å². The van der Waals surface area contributed by atoms with Crippen molar-refractivity contribution in [2.75, 3.05) is 0 Å². The molecule has 24 heavy (non-hydrogen) atoms. The Morgan fingerprint density at radius 2 is 1.67 bits per heavy atom. The van der Waals surface area contributed by atoms with Crippen molar-refractivity contribution < 1.29 is 19.4 Å². The van der Waals surface area contributed by atoms with Gasteiger partial charge in [0.15, 0.2) is 6.04 Å². The molecule has 3 rings (SSSR count). The van der Waals surface area contributed by atoms with Crippen molar-refractivity contribution in [1.29, 1.82) is 0 Å². The molecule has 1 fully saturated rings.